The van der Waals surface area contributed by atoms with E-state index in [1.165, 1.54) is 4.90 Å². The van der Waals surface area contributed by atoms with E-state index in [9.17, 15) is 9.59 Å². The molecule has 1 heterocycles. The molecule has 0 unspecified atom stereocenters. The van der Waals surface area contributed by atoms with E-state index in [1.54, 1.807) is 19.2 Å². The van der Waals surface area contributed by atoms with Gasteiger partial charge in [0.2, 0.25) is 11.7 Å². The molecule has 2 aromatic carbocycles. The molecule has 3 rings (SSSR count). The topological polar surface area (TPSA) is 89.6 Å². The van der Waals surface area contributed by atoms with Crippen LogP contribution in [0.1, 0.15) is 31.1 Å². The van der Waals surface area contributed by atoms with Gasteiger partial charge in [0.05, 0.1) is 39.6 Å². The van der Waals surface area contributed by atoms with Gasteiger partial charge in [-0.15, -0.1) is 0 Å². The summed E-state index contributed by atoms with van der Waals surface area (Å²) in [7, 11) is 1.58. The second kappa shape index (κ2) is 12.9. The Hall–Kier alpha value is -3.46. The summed E-state index contributed by atoms with van der Waals surface area (Å²) in [4.78, 5) is 29.3. The highest BCUT2D eigenvalue weighted by Crippen LogP contribution is 2.39. The summed E-state index contributed by atoms with van der Waals surface area (Å²) >= 11 is 0. The fraction of sp³-hybridized carbons (Fsp3) is 0.462. The van der Waals surface area contributed by atoms with Crippen LogP contribution in [0.4, 0.5) is 11.4 Å². The molecule has 1 N–H and O–H groups in total. The molecule has 0 saturated carbocycles. The van der Waals surface area contributed by atoms with Crippen LogP contribution < -0.4 is 24.4 Å². The van der Waals surface area contributed by atoms with E-state index in [-0.39, 0.29) is 18.4 Å². The number of hydrogen-bond donors (Lipinski definition) is 1. The number of likely N-dealkylation sites (N-methyl/N-ethyl adjacent to an activating group) is 1. The van der Waals surface area contributed by atoms with Crippen molar-refractivity contribution >= 4 is 23.2 Å². The lowest BCUT2D eigenvalue weighted by atomic mass is 10.1. The molecule has 9 nitrogen and oxygen atoms in total. The highest BCUT2D eigenvalue weighted by molar-refractivity contribution is 6.00. The monoisotopic (exact) mass is 485 g/mol. The van der Waals surface area contributed by atoms with E-state index in [2.05, 4.69) is 10.2 Å². The lowest BCUT2D eigenvalue weighted by molar-refractivity contribution is -0.116. The first-order chi connectivity index (χ1) is 17.0. The molecular formula is C26H35N3O6. The van der Waals surface area contributed by atoms with Gasteiger partial charge in [-0.25, -0.2) is 0 Å². The number of amides is 2. The Balaban J connectivity index is 1.66. The Bertz CT molecular complexity index is 962. The van der Waals surface area contributed by atoms with Crippen molar-refractivity contribution in [3.05, 3.63) is 42.0 Å². The number of anilines is 2. The summed E-state index contributed by atoms with van der Waals surface area (Å²) in [5.74, 6) is 0.714. The number of carbonyl (C=O) groups excluding carboxylic acids is 2. The van der Waals surface area contributed by atoms with Gasteiger partial charge >= 0.3 is 0 Å². The van der Waals surface area contributed by atoms with Crippen LogP contribution in [0, 0.1) is 0 Å². The summed E-state index contributed by atoms with van der Waals surface area (Å²) in [6.45, 7) is 9.84. The van der Waals surface area contributed by atoms with Crippen LogP contribution >= 0.6 is 0 Å². The number of morpholine rings is 1. The standard InChI is InChI=1S/C26H35N3O6/c1-5-33-22-16-19(17-23(34-6-2)25(22)35-7-3)26(31)28(4)18-24(30)27-20-8-10-21(11-9-20)29-12-14-32-15-13-29/h8-11,16-17H,5-7,12-15,18H2,1-4H3,(H,27,30). The highest BCUT2D eigenvalue weighted by Gasteiger charge is 2.21. The maximum atomic E-state index is 13.1. The Morgan fingerprint density at radius 1 is 0.943 bits per heavy atom. The van der Waals surface area contributed by atoms with E-state index >= 15 is 0 Å². The number of benzene rings is 2. The van der Waals surface area contributed by atoms with E-state index in [4.69, 9.17) is 18.9 Å². The average Bonchev–Trinajstić information content (AvgIpc) is 2.86. The largest absolute Gasteiger partial charge is 0.490 e. The van der Waals surface area contributed by atoms with Crippen LogP contribution in [-0.4, -0.2) is 76.4 Å². The van der Waals surface area contributed by atoms with Crippen molar-refractivity contribution in [3.8, 4) is 17.2 Å². The van der Waals surface area contributed by atoms with Crippen LogP contribution in [0.3, 0.4) is 0 Å². The van der Waals surface area contributed by atoms with Gasteiger partial charge in [-0.2, -0.15) is 0 Å². The van der Waals surface area contributed by atoms with Crippen molar-refractivity contribution in [2.24, 2.45) is 0 Å². The smallest absolute Gasteiger partial charge is 0.254 e. The lowest BCUT2D eigenvalue weighted by Gasteiger charge is -2.28. The molecule has 0 bridgehead atoms. The van der Waals surface area contributed by atoms with E-state index < -0.39 is 0 Å². The summed E-state index contributed by atoms with van der Waals surface area (Å²) in [5, 5.41) is 2.85. The van der Waals surface area contributed by atoms with Gasteiger partial charge in [0, 0.05) is 37.1 Å². The van der Waals surface area contributed by atoms with Crippen molar-refractivity contribution < 1.29 is 28.5 Å². The Kier molecular flexibility index (Phi) is 9.60. The normalized spacial score (nSPS) is 13.2. The number of carbonyl (C=O) groups is 2. The van der Waals surface area contributed by atoms with Gasteiger partial charge in [-0.05, 0) is 57.2 Å². The quantitative estimate of drug-likeness (QED) is 0.522. The van der Waals surface area contributed by atoms with Gasteiger partial charge in [0.25, 0.3) is 5.91 Å². The second-order valence-electron chi connectivity index (χ2n) is 7.96. The fourth-order valence-corrected chi connectivity index (χ4v) is 3.80. The zero-order chi connectivity index (χ0) is 25.2. The van der Waals surface area contributed by atoms with E-state index in [0.29, 0.717) is 61.5 Å². The lowest BCUT2D eigenvalue weighted by Crippen LogP contribution is -2.36. The third-order valence-corrected chi connectivity index (χ3v) is 5.41. The molecule has 35 heavy (non-hydrogen) atoms. The zero-order valence-electron chi connectivity index (χ0n) is 21.0. The third-order valence-electron chi connectivity index (χ3n) is 5.41. The van der Waals surface area contributed by atoms with Crippen molar-refractivity contribution in [1.29, 1.82) is 0 Å². The average molecular weight is 486 g/mol. The SMILES string of the molecule is CCOc1cc(C(=O)N(C)CC(=O)Nc2ccc(N3CCOCC3)cc2)cc(OCC)c1OCC. The first-order valence-corrected chi connectivity index (χ1v) is 12.0. The molecule has 1 fully saturated rings. The first kappa shape index (κ1) is 26.2. The molecule has 0 radical (unpaired) electrons. The van der Waals surface area contributed by atoms with Crippen molar-refractivity contribution in [1.82, 2.24) is 4.90 Å². The van der Waals surface area contributed by atoms with Crippen molar-refractivity contribution in [2.45, 2.75) is 20.8 Å². The summed E-state index contributed by atoms with van der Waals surface area (Å²) in [6, 6.07) is 10.9. The van der Waals surface area contributed by atoms with Crippen molar-refractivity contribution in [3.63, 3.8) is 0 Å². The summed E-state index contributed by atoms with van der Waals surface area (Å²) < 4.78 is 22.5. The first-order valence-electron chi connectivity index (χ1n) is 12.0. The predicted molar refractivity (Wildman–Crippen MR) is 135 cm³/mol. The minimum atomic E-state index is -0.326. The minimum Gasteiger partial charge on any atom is -0.490 e. The molecule has 2 amide bonds. The molecule has 0 aromatic heterocycles. The van der Waals surface area contributed by atoms with Crippen LogP contribution in [0.15, 0.2) is 36.4 Å². The predicted octanol–water partition coefficient (Wildman–Crippen LogP) is 3.43. The molecular weight excluding hydrogens is 450 g/mol. The maximum Gasteiger partial charge on any atom is 0.254 e. The van der Waals surface area contributed by atoms with Gasteiger partial charge in [0.15, 0.2) is 11.5 Å². The fourth-order valence-electron chi connectivity index (χ4n) is 3.80. The van der Waals surface area contributed by atoms with Crippen LogP contribution in [0.5, 0.6) is 17.2 Å². The molecule has 1 aliphatic heterocycles. The van der Waals surface area contributed by atoms with Gasteiger partial charge < -0.3 is 34.1 Å². The van der Waals surface area contributed by atoms with Crippen LogP contribution in [-0.2, 0) is 9.53 Å². The molecule has 2 aromatic rings. The van der Waals surface area contributed by atoms with Crippen molar-refractivity contribution in [2.75, 3.05) is 69.9 Å². The number of hydrogen-bond acceptors (Lipinski definition) is 7. The molecule has 1 aliphatic rings. The minimum absolute atomic E-state index is 0.106. The summed E-state index contributed by atoms with van der Waals surface area (Å²) in [6.07, 6.45) is 0. The Morgan fingerprint density at radius 3 is 2.06 bits per heavy atom. The van der Waals surface area contributed by atoms with Gasteiger partial charge in [0.1, 0.15) is 0 Å². The molecule has 0 atom stereocenters. The zero-order valence-corrected chi connectivity index (χ0v) is 21.0. The van der Waals surface area contributed by atoms with E-state index in [0.717, 1.165) is 18.8 Å². The molecule has 190 valence electrons. The highest BCUT2D eigenvalue weighted by atomic mass is 16.5. The molecule has 0 spiro atoms. The van der Waals surface area contributed by atoms with Gasteiger partial charge in [-0.3, -0.25) is 9.59 Å². The van der Waals surface area contributed by atoms with Crippen LogP contribution in [0.25, 0.3) is 0 Å². The Morgan fingerprint density at radius 2 is 1.51 bits per heavy atom. The van der Waals surface area contributed by atoms with Gasteiger partial charge in [-0.1, -0.05) is 0 Å². The van der Waals surface area contributed by atoms with E-state index in [1.807, 2.05) is 45.0 Å². The van der Waals surface area contributed by atoms with Crippen LogP contribution in [0.2, 0.25) is 0 Å². The second-order valence-corrected chi connectivity index (χ2v) is 7.96. The maximum absolute atomic E-state index is 13.1. The number of rotatable bonds is 11. The number of ether oxygens (including phenoxy) is 4. The number of nitrogens with one attached hydrogen (secondary N) is 1. The molecule has 1 saturated heterocycles. The molecule has 0 aliphatic carbocycles. The Labute approximate surface area is 206 Å². The summed E-state index contributed by atoms with van der Waals surface area (Å²) in [5.41, 5.74) is 2.11. The third kappa shape index (κ3) is 7.02. The number of nitrogens with zero attached hydrogens (tertiary/aromatic N) is 2. The molecule has 9 heteroatoms.